The molecule has 1 atom stereocenters. The van der Waals surface area contributed by atoms with Crippen LogP contribution in [0.25, 0.3) is 6.08 Å². The number of nitrogens with one attached hydrogen (secondary N) is 1. The predicted molar refractivity (Wildman–Crippen MR) is 68.2 cm³/mol. The minimum Gasteiger partial charge on any atom is -0.497 e. The number of benzene rings is 1. The second-order valence-electron chi connectivity index (χ2n) is 4.36. The number of aliphatic hydroxyl groups is 1. The van der Waals surface area contributed by atoms with E-state index in [-0.39, 0.29) is 5.71 Å². The van der Waals surface area contributed by atoms with Crippen LogP contribution in [0.15, 0.2) is 35.4 Å². The Labute approximate surface area is 113 Å². The lowest BCUT2D eigenvalue weighted by molar-refractivity contribution is -0.266. The molecule has 1 aliphatic rings. The van der Waals surface area contributed by atoms with E-state index in [0.29, 0.717) is 5.75 Å². The molecule has 4 nitrogen and oxygen atoms in total. The quantitative estimate of drug-likeness (QED) is 0.896. The lowest BCUT2D eigenvalue weighted by Gasteiger charge is -2.24. The molecule has 108 valence electrons. The summed E-state index contributed by atoms with van der Waals surface area (Å²) in [4.78, 5) is 0. The summed E-state index contributed by atoms with van der Waals surface area (Å²) in [6.45, 7) is 0. The Morgan fingerprint density at radius 2 is 1.95 bits per heavy atom. The molecule has 1 aliphatic heterocycles. The lowest BCUT2D eigenvalue weighted by atomic mass is 10.1. The fraction of sp³-hybridized carbons (Fsp3) is 0.308. The van der Waals surface area contributed by atoms with Crippen LogP contribution in [0.3, 0.4) is 0 Å². The van der Waals surface area contributed by atoms with E-state index in [4.69, 9.17) is 4.74 Å². The van der Waals surface area contributed by atoms with Crippen molar-refractivity contribution in [1.29, 1.82) is 0 Å². The Morgan fingerprint density at radius 1 is 1.30 bits per heavy atom. The zero-order valence-corrected chi connectivity index (χ0v) is 10.6. The smallest absolute Gasteiger partial charge is 0.438 e. The van der Waals surface area contributed by atoms with E-state index in [2.05, 4.69) is 5.10 Å². The zero-order chi connectivity index (χ0) is 14.8. The van der Waals surface area contributed by atoms with Crippen LogP contribution in [0.5, 0.6) is 5.75 Å². The van der Waals surface area contributed by atoms with Crippen molar-refractivity contribution in [2.45, 2.75) is 18.3 Å². The van der Waals surface area contributed by atoms with Crippen LogP contribution >= 0.6 is 0 Å². The molecule has 1 unspecified atom stereocenters. The van der Waals surface area contributed by atoms with E-state index in [0.717, 1.165) is 5.56 Å². The first-order valence-electron chi connectivity index (χ1n) is 5.79. The maximum atomic E-state index is 12.5. The van der Waals surface area contributed by atoms with E-state index in [1.165, 1.54) is 6.08 Å². The molecular weight excluding hydrogens is 273 g/mol. The summed E-state index contributed by atoms with van der Waals surface area (Å²) >= 11 is 0. The van der Waals surface area contributed by atoms with E-state index in [1.54, 1.807) is 42.9 Å². The van der Waals surface area contributed by atoms with Gasteiger partial charge in [0.05, 0.1) is 19.2 Å². The van der Waals surface area contributed by atoms with E-state index < -0.39 is 18.3 Å². The first kappa shape index (κ1) is 14.4. The number of halogens is 3. The molecule has 1 aromatic carbocycles. The number of nitrogens with zero attached hydrogens (tertiary/aromatic N) is 1. The average Bonchev–Trinajstić information content (AvgIpc) is 2.80. The van der Waals surface area contributed by atoms with Crippen LogP contribution < -0.4 is 10.2 Å². The first-order chi connectivity index (χ1) is 9.34. The van der Waals surface area contributed by atoms with Gasteiger partial charge < -0.3 is 9.84 Å². The Balaban J connectivity index is 2.03. The second-order valence-corrected chi connectivity index (χ2v) is 4.36. The minimum atomic E-state index is -4.77. The second kappa shape index (κ2) is 5.16. The molecule has 7 heteroatoms. The van der Waals surface area contributed by atoms with Crippen molar-refractivity contribution in [2.75, 3.05) is 7.11 Å². The van der Waals surface area contributed by atoms with Crippen LogP contribution in [0.1, 0.15) is 12.0 Å². The van der Waals surface area contributed by atoms with Crippen molar-refractivity contribution in [2.24, 2.45) is 5.10 Å². The molecule has 0 radical (unpaired) electrons. The van der Waals surface area contributed by atoms with E-state index in [9.17, 15) is 18.3 Å². The van der Waals surface area contributed by atoms with Gasteiger partial charge in [0.1, 0.15) is 5.75 Å². The number of allylic oxidation sites excluding steroid dienone is 1. The fourth-order valence-corrected chi connectivity index (χ4v) is 1.67. The maximum Gasteiger partial charge on any atom is 0.438 e. The number of ether oxygens (including phenoxy) is 1. The summed E-state index contributed by atoms with van der Waals surface area (Å²) in [5, 5.41) is 12.9. The molecule has 1 heterocycles. The van der Waals surface area contributed by atoms with Gasteiger partial charge in [0.2, 0.25) is 0 Å². The molecule has 0 fully saturated rings. The highest BCUT2D eigenvalue weighted by Crippen LogP contribution is 2.34. The van der Waals surface area contributed by atoms with Crippen molar-refractivity contribution >= 4 is 11.8 Å². The van der Waals surface area contributed by atoms with Gasteiger partial charge >= 0.3 is 6.18 Å². The van der Waals surface area contributed by atoms with Gasteiger partial charge in [-0.25, -0.2) is 0 Å². The minimum absolute atomic E-state index is 0.126. The SMILES string of the molecule is COc1ccc(C=CC2=NNC(O)(C(F)(F)F)C2)cc1. The summed E-state index contributed by atoms with van der Waals surface area (Å²) in [5.74, 6) is 0.688. The van der Waals surface area contributed by atoms with Crippen molar-refractivity contribution in [1.82, 2.24) is 5.43 Å². The van der Waals surface area contributed by atoms with Gasteiger partial charge in [-0.3, -0.25) is 5.43 Å². The number of methoxy groups -OCH3 is 1. The van der Waals surface area contributed by atoms with Gasteiger partial charge in [-0.1, -0.05) is 18.2 Å². The standard InChI is InChI=1S/C13H13F3N2O2/c1-20-11-6-3-9(4-7-11)2-5-10-8-12(19,18-17-10)13(14,15)16/h2-7,18-19H,8H2,1H3. The van der Waals surface area contributed by atoms with Gasteiger partial charge in [0.15, 0.2) is 0 Å². The summed E-state index contributed by atoms with van der Waals surface area (Å²) in [6, 6.07) is 6.99. The van der Waals surface area contributed by atoms with E-state index in [1.807, 2.05) is 0 Å². The third kappa shape index (κ3) is 2.93. The Hall–Kier alpha value is -2.02. The molecule has 0 amide bonds. The first-order valence-corrected chi connectivity index (χ1v) is 5.79. The Morgan fingerprint density at radius 3 is 2.45 bits per heavy atom. The normalized spacial score (nSPS) is 22.8. The molecule has 2 rings (SSSR count). The van der Waals surface area contributed by atoms with Gasteiger partial charge in [-0.2, -0.15) is 18.3 Å². The van der Waals surface area contributed by atoms with Crippen LogP contribution in [0.2, 0.25) is 0 Å². The fourth-order valence-electron chi connectivity index (χ4n) is 1.67. The van der Waals surface area contributed by atoms with Crippen molar-refractivity contribution < 1.29 is 23.0 Å². The number of rotatable bonds is 3. The molecule has 0 aromatic heterocycles. The van der Waals surface area contributed by atoms with Crippen molar-refractivity contribution in [3.63, 3.8) is 0 Å². The summed E-state index contributed by atoms with van der Waals surface area (Å²) < 4.78 is 42.6. The van der Waals surface area contributed by atoms with Gasteiger partial charge in [-0.15, -0.1) is 0 Å². The molecule has 2 N–H and O–H groups in total. The van der Waals surface area contributed by atoms with Gasteiger partial charge in [0.25, 0.3) is 5.72 Å². The number of hydrogen-bond donors (Lipinski definition) is 2. The molecule has 20 heavy (non-hydrogen) atoms. The summed E-state index contributed by atoms with van der Waals surface area (Å²) in [5.41, 5.74) is -0.341. The molecule has 1 aromatic rings. The highest BCUT2D eigenvalue weighted by Gasteiger charge is 2.56. The molecule has 0 aliphatic carbocycles. The predicted octanol–water partition coefficient (Wildman–Crippen LogP) is 2.31. The topological polar surface area (TPSA) is 53.8 Å². The third-order valence-electron chi connectivity index (χ3n) is 2.87. The molecule has 0 spiro atoms. The highest BCUT2D eigenvalue weighted by atomic mass is 19.4. The number of hydrazone groups is 1. The third-order valence-corrected chi connectivity index (χ3v) is 2.87. The lowest BCUT2D eigenvalue weighted by Crippen LogP contribution is -2.52. The monoisotopic (exact) mass is 286 g/mol. The van der Waals surface area contributed by atoms with Crippen molar-refractivity contribution in [3.05, 3.63) is 35.9 Å². The summed E-state index contributed by atoms with van der Waals surface area (Å²) in [7, 11) is 1.54. The molecule has 0 saturated carbocycles. The Bertz CT molecular complexity index is 538. The van der Waals surface area contributed by atoms with Crippen LogP contribution in [0, 0.1) is 0 Å². The number of alkyl halides is 3. The van der Waals surface area contributed by atoms with Crippen LogP contribution in [0.4, 0.5) is 13.2 Å². The largest absolute Gasteiger partial charge is 0.497 e. The Kier molecular flexibility index (Phi) is 3.71. The molecule has 0 bridgehead atoms. The van der Waals surface area contributed by atoms with Gasteiger partial charge in [-0.05, 0) is 23.8 Å². The van der Waals surface area contributed by atoms with Crippen LogP contribution in [-0.4, -0.2) is 29.8 Å². The van der Waals surface area contributed by atoms with Crippen LogP contribution in [-0.2, 0) is 0 Å². The molecule has 0 saturated heterocycles. The summed E-state index contributed by atoms with van der Waals surface area (Å²) in [6.07, 6.45) is -2.35. The zero-order valence-electron chi connectivity index (χ0n) is 10.6. The highest BCUT2D eigenvalue weighted by molar-refractivity contribution is 5.99. The maximum absolute atomic E-state index is 12.5. The number of hydrogen-bond acceptors (Lipinski definition) is 4. The van der Waals surface area contributed by atoms with Gasteiger partial charge in [0, 0.05) is 0 Å². The average molecular weight is 286 g/mol. The molecular formula is C13H13F3N2O2. The van der Waals surface area contributed by atoms with Crippen molar-refractivity contribution in [3.8, 4) is 5.75 Å². The van der Waals surface area contributed by atoms with E-state index >= 15 is 0 Å².